The number of benzene rings is 2. The number of hydrogen-bond acceptors (Lipinski definition) is 5. The first-order valence-corrected chi connectivity index (χ1v) is 11.6. The summed E-state index contributed by atoms with van der Waals surface area (Å²) < 4.78 is 34.0. The molecule has 156 valence electrons. The van der Waals surface area contributed by atoms with Crippen LogP contribution in [-0.4, -0.2) is 40.4 Å². The van der Waals surface area contributed by atoms with Crippen molar-refractivity contribution >= 4 is 40.6 Å². The van der Waals surface area contributed by atoms with Crippen molar-refractivity contribution in [2.45, 2.75) is 6.61 Å². The third-order valence-electron chi connectivity index (χ3n) is 4.64. The lowest BCUT2D eigenvalue weighted by Crippen LogP contribution is -2.38. The van der Waals surface area contributed by atoms with E-state index in [4.69, 9.17) is 16.3 Å². The summed E-state index contributed by atoms with van der Waals surface area (Å²) in [6, 6.07) is 8.70. The molecule has 0 unspecified atom stereocenters. The van der Waals surface area contributed by atoms with Gasteiger partial charge in [0.2, 0.25) is 0 Å². The van der Waals surface area contributed by atoms with E-state index in [9.17, 15) is 13.6 Å². The van der Waals surface area contributed by atoms with E-state index in [1.54, 1.807) is 22.4 Å². The number of ether oxygens (including phenoxy) is 1. The van der Waals surface area contributed by atoms with Crippen molar-refractivity contribution in [2.24, 2.45) is 0 Å². The molecule has 1 aliphatic heterocycles. The van der Waals surface area contributed by atoms with Gasteiger partial charge in [0.15, 0.2) is 0 Å². The minimum Gasteiger partial charge on any atom is -0.489 e. The molecule has 0 atom stereocenters. The smallest absolute Gasteiger partial charge is 0.273 e. The van der Waals surface area contributed by atoms with Crippen molar-refractivity contribution in [3.05, 3.63) is 69.7 Å². The quantitative estimate of drug-likeness (QED) is 0.497. The molecule has 1 saturated heterocycles. The number of aromatic nitrogens is 1. The van der Waals surface area contributed by atoms with Gasteiger partial charge in [-0.15, -0.1) is 11.3 Å². The van der Waals surface area contributed by atoms with Crippen molar-refractivity contribution < 1.29 is 18.3 Å². The van der Waals surface area contributed by atoms with Crippen molar-refractivity contribution in [1.29, 1.82) is 0 Å². The van der Waals surface area contributed by atoms with E-state index in [2.05, 4.69) is 4.98 Å². The van der Waals surface area contributed by atoms with Gasteiger partial charge in [-0.25, -0.2) is 13.8 Å². The van der Waals surface area contributed by atoms with Gasteiger partial charge in [0, 0.05) is 47.2 Å². The third-order valence-corrected chi connectivity index (χ3v) is 6.81. The van der Waals surface area contributed by atoms with Crippen molar-refractivity contribution in [1.82, 2.24) is 9.88 Å². The van der Waals surface area contributed by atoms with Crippen LogP contribution in [0.3, 0.4) is 0 Å². The number of carbonyl (C=O) groups is 1. The molecule has 0 aliphatic carbocycles. The fraction of sp³-hybridized carbons (Fsp3) is 0.238. The molecule has 9 heteroatoms. The summed E-state index contributed by atoms with van der Waals surface area (Å²) in [5.41, 5.74) is 0.822. The highest BCUT2D eigenvalue weighted by Crippen LogP contribution is 2.30. The standard InChI is InChI=1S/C21H17ClF2N2O2S2/c22-16-2-1-3-17(23)15(16)11-28-13-4-5-14(18(24)10-13)20-25-19(12-30-20)21(27)26-6-8-29-9-7-26/h1-5,10,12H,6-9,11H2. The number of thioether (sulfide) groups is 1. The summed E-state index contributed by atoms with van der Waals surface area (Å²) in [5, 5.41) is 2.33. The molecule has 0 radical (unpaired) electrons. The van der Waals surface area contributed by atoms with Gasteiger partial charge in [0.1, 0.15) is 34.7 Å². The molecule has 1 aliphatic rings. The summed E-state index contributed by atoms with van der Waals surface area (Å²) in [6.45, 7) is 1.28. The molecule has 0 N–H and O–H groups in total. The van der Waals surface area contributed by atoms with E-state index < -0.39 is 11.6 Å². The predicted molar refractivity (Wildman–Crippen MR) is 116 cm³/mol. The van der Waals surface area contributed by atoms with Crippen LogP contribution in [0, 0.1) is 11.6 Å². The predicted octanol–water partition coefficient (Wildman–Crippen LogP) is 5.51. The van der Waals surface area contributed by atoms with Crippen LogP contribution < -0.4 is 4.74 Å². The number of halogens is 3. The van der Waals surface area contributed by atoms with E-state index in [0.717, 1.165) is 11.5 Å². The molecule has 0 spiro atoms. The lowest BCUT2D eigenvalue weighted by Gasteiger charge is -2.25. The zero-order valence-electron chi connectivity index (χ0n) is 15.7. The highest BCUT2D eigenvalue weighted by Gasteiger charge is 2.22. The Morgan fingerprint density at radius 1 is 1.17 bits per heavy atom. The molecular formula is C21H17ClF2N2O2S2. The van der Waals surface area contributed by atoms with Crippen molar-refractivity contribution in [3.63, 3.8) is 0 Å². The zero-order chi connectivity index (χ0) is 21.1. The molecule has 2 aromatic carbocycles. The largest absolute Gasteiger partial charge is 0.489 e. The van der Waals surface area contributed by atoms with Crippen LogP contribution in [0.25, 0.3) is 10.6 Å². The Bertz CT molecular complexity index is 1050. The van der Waals surface area contributed by atoms with E-state index in [-0.39, 0.29) is 34.4 Å². The SMILES string of the molecule is O=C(c1csc(-c2ccc(OCc3c(F)cccc3Cl)cc2F)n1)N1CCSCC1. The Morgan fingerprint density at radius 3 is 2.70 bits per heavy atom. The average Bonchev–Trinajstić information content (AvgIpc) is 3.23. The lowest BCUT2D eigenvalue weighted by atomic mass is 10.2. The zero-order valence-corrected chi connectivity index (χ0v) is 18.1. The summed E-state index contributed by atoms with van der Waals surface area (Å²) in [6.07, 6.45) is 0. The summed E-state index contributed by atoms with van der Waals surface area (Å²) in [7, 11) is 0. The third kappa shape index (κ3) is 4.61. The van der Waals surface area contributed by atoms with E-state index in [1.807, 2.05) is 11.8 Å². The molecule has 1 aromatic heterocycles. The average molecular weight is 467 g/mol. The first kappa shape index (κ1) is 21.1. The summed E-state index contributed by atoms with van der Waals surface area (Å²) >= 11 is 9.02. The topological polar surface area (TPSA) is 42.4 Å². The lowest BCUT2D eigenvalue weighted by molar-refractivity contribution is 0.0767. The van der Waals surface area contributed by atoms with E-state index in [1.165, 1.54) is 35.6 Å². The maximum atomic E-state index is 14.7. The van der Waals surface area contributed by atoms with Gasteiger partial charge in [0.05, 0.1) is 5.02 Å². The number of rotatable bonds is 5. The van der Waals surface area contributed by atoms with Crippen LogP contribution in [-0.2, 0) is 6.61 Å². The molecule has 30 heavy (non-hydrogen) atoms. The fourth-order valence-electron chi connectivity index (χ4n) is 3.01. The minimum absolute atomic E-state index is 0.117. The summed E-state index contributed by atoms with van der Waals surface area (Å²) in [5.74, 6) is 0.935. The van der Waals surface area contributed by atoms with Crippen LogP contribution in [0.4, 0.5) is 8.78 Å². The molecule has 4 nitrogen and oxygen atoms in total. The Hall–Kier alpha value is -2.16. The first-order chi connectivity index (χ1) is 14.5. The highest BCUT2D eigenvalue weighted by atomic mass is 35.5. The Kier molecular flexibility index (Phi) is 6.55. The van der Waals surface area contributed by atoms with E-state index >= 15 is 0 Å². The van der Waals surface area contributed by atoms with Gasteiger partial charge in [-0.2, -0.15) is 11.8 Å². The first-order valence-electron chi connectivity index (χ1n) is 9.21. The molecule has 4 rings (SSSR count). The number of thiazole rings is 1. The van der Waals surface area contributed by atoms with Crippen LogP contribution >= 0.6 is 34.7 Å². The van der Waals surface area contributed by atoms with E-state index in [0.29, 0.717) is 23.8 Å². The molecule has 2 heterocycles. The van der Waals surface area contributed by atoms with Gasteiger partial charge in [-0.1, -0.05) is 17.7 Å². The van der Waals surface area contributed by atoms with Crippen LogP contribution in [0.5, 0.6) is 5.75 Å². The molecule has 1 fully saturated rings. The normalized spacial score (nSPS) is 14.0. The van der Waals surface area contributed by atoms with Gasteiger partial charge >= 0.3 is 0 Å². The molecule has 0 saturated carbocycles. The second kappa shape index (κ2) is 9.32. The highest BCUT2D eigenvalue weighted by molar-refractivity contribution is 7.99. The molecule has 1 amide bonds. The Labute approximate surface area is 185 Å². The second-order valence-electron chi connectivity index (χ2n) is 6.57. The second-order valence-corrected chi connectivity index (χ2v) is 9.06. The van der Waals surface area contributed by atoms with Gasteiger partial charge in [0.25, 0.3) is 5.91 Å². The number of nitrogens with zero attached hydrogens (tertiary/aromatic N) is 2. The summed E-state index contributed by atoms with van der Waals surface area (Å²) in [4.78, 5) is 18.7. The Balaban J connectivity index is 1.47. The number of amides is 1. The van der Waals surface area contributed by atoms with Crippen LogP contribution in [0.15, 0.2) is 41.8 Å². The van der Waals surface area contributed by atoms with Gasteiger partial charge < -0.3 is 9.64 Å². The maximum absolute atomic E-state index is 14.7. The molecule has 0 bridgehead atoms. The monoisotopic (exact) mass is 466 g/mol. The molecule has 3 aromatic rings. The van der Waals surface area contributed by atoms with Crippen LogP contribution in [0.2, 0.25) is 5.02 Å². The Morgan fingerprint density at radius 2 is 1.97 bits per heavy atom. The van der Waals surface area contributed by atoms with Crippen molar-refractivity contribution in [3.8, 4) is 16.3 Å². The number of hydrogen-bond donors (Lipinski definition) is 0. The van der Waals surface area contributed by atoms with Gasteiger partial charge in [-0.3, -0.25) is 4.79 Å². The van der Waals surface area contributed by atoms with Crippen molar-refractivity contribution in [2.75, 3.05) is 24.6 Å². The van der Waals surface area contributed by atoms with Gasteiger partial charge in [-0.05, 0) is 24.3 Å². The molecular weight excluding hydrogens is 450 g/mol. The van der Waals surface area contributed by atoms with Crippen LogP contribution in [0.1, 0.15) is 16.1 Å². The number of carbonyl (C=O) groups excluding carboxylic acids is 1. The minimum atomic E-state index is -0.533. The fourth-order valence-corrected chi connectivity index (χ4v) is 4.95. The maximum Gasteiger partial charge on any atom is 0.273 e.